The lowest BCUT2D eigenvalue weighted by Gasteiger charge is -2.22. The molecule has 0 fully saturated rings. The Bertz CT molecular complexity index is 1040. The van der Waals surface area contributed by atoms with Gasteiger partial charge in [0.2, 0.25) is 0 Å². The predicted octanol–water partition coefficient (Wildman–Crippen LogP) is 4.42. The molecule has 5 nitrogen and oxygen atoms in total. The second-order valence-corrected chi connectivity index (χ2v) is 6.71. The van der Waals surface area contributed by atoms with Crippen molar-refractivity contribution >= 4 is 22.6 Å². The topological polar surface area (TPSA) is 53.2 Å². The van der Waals surface area contributed by atoms with Crippen LogP contribution in [0.1, 0.15) is 16.9 Å². The van der Waals surface area contributed by atoms with Crippen LogP contribution in [0.2, 0.25) is 0 Å². The van der Waals surface area contributed by atoms with E-state index in [9.17, 15) is 5.11 Å². The van der Waals surface area contributed by atoms with Crippen LogP contribution in [0.3, 0.4) is 0 Å². The molecule has 1 aliphatic heterocycles. The maximum Gasteiger partial charge on any atom is 0.364 e. The van der Waals surface area contributed by atoms with Gasteiger partial charge in [-0.15, -0.1) is 0 Å². The molecule has 138 valence electrons. The Balaban J connectivity index is 1.92. The predicted molar refractivity (Wildman–Crippen MR) is 106 cm³/mol. The van der Waals surface area contributed by atoms with Crippen LogP contribution >= 0.6 is 0 Å². The zero-order valence-corrected chi connectivity index (χ0v) is 15.7. The molecule has 0 atom stereocenters. The van der Waals surface area contributed by atoms with E-state index in [1.54, 1.807) is 26.4 Å². The number of hydrogen-bond acceptors (Lipinski definition) is 4. The Morgan fingerprint density at radius 1 is 1.04 bits per heavy atom. The number of fused-ring (bicyclic) bond motifs is 2. The standard InChI is InChI=1S/C22H21NO4/c1-23-12-14(10-16-18(24)6-4-7-19(16)25-2)22-15(13-23)11-17-20(26-3)8-5-9-21(17)27-22/h4-11H,12-13H2,1-3H3/p+1/b14-10-. The largest absolute Gasteiger partial charge is 0.507 e. The van der Waals surface area contributed by atoms with E-state index in [4.69, 9.17) is 13.9 Å². The number of ether oxygens (including phenoxy) is 2. The van der Waals surface area contributed by atoms with Crippen molar-refractivity contribution in [2.75, 3.05) is 27.8 Å². The van der Waals surface area contributed by atoms with Crippen LogP contribution in [0.5, 0.6) is 17.2 Å². The number of methoxy groups -OCH3 is 2. The third-order valence-corrected chi connectivity index (χ3v) is 4.82. The number of nitrogens with zero attached hydrogens (tertiary/aromatic N) is 1. The quantitative estimate of drug-likeness (QED) is 0.697. The second kappa shape index (κ2) is 6.93. The number of phenols is 1. The maximum atomic E-state index is 10.3. The van der Waals surface area contributed by atoms with Crippen molar-refractivity contribution in [3.63, 3.8) is 0 Å². The van der Waals surface area contributed by atoms with E-state index in [0.29, 0.717) is 17.9 Å². The van der Waals surface area contributed by atoms with Crippen molar-refractivity contribution in [1.29, 1.82) is 0 Å². The number of rotatable bonds is 3. The number of benzene rings is 2. The van der Waals surface area contributed by atoms with Crippen LogP contribution in [0.15, 0.2) is 46.9 Å². The monoisotopic (exact) mass is 364 g/mol. The molecule has 3 aromatic rings. The lowest BCUT2D eigenvalue weighted by atomic mass is 9.98. The fraction of sp³-hybridized carbons (Fsp3) is 0.227. The highest BCUT2D eigenvalue weighted by atomic mass is 16.5. The summed E-state index contributed by atoms with van der Waals surface area (Å²) in [5, 5.41) is 11.3. The van der Waals surface area contributed by atoms with Crippen LogP contribution in [0.4, 0.5) is 0 Å². The fourth-order valence-corrected chi connectivity index (χ4v) is 3.59. The fourth-order valence-electron chi connectivity index (χ4n) is 3.59. The smallest absolute Gasteiger partial charge is 0.364 e. The molecule has 0 spiro atoms. The summed E-state index contributed by atoms with van der Waals surface area (Å²) in [7, 11) is 5.32. The van der Waals surface area contributed by atoms with Gasteiger partial charge in [-0.1, -0.05) is 6.07 Å². The van der Waals surface area contributed by atoms with Gasteiger partial charge in [0.15, 0.2) is 0 Å². The minimum absolute atomic E-state index is 0.180. The molecule has 0 saturated carbocycles. The molecular weight excluding hydrogens is 342 g/mol. The zero-order chi connectivity index (χ0) is 19.0. The Morgan fingerprint density at radius 2 is 1.78 bits per heavy atom. The average molecular weight is 364 g/mol. The van der Waals surface area contributed by atoms with Crippen LogP contribution in [-0.4, -0.2) is 37.8 Å². The summed E-state index contributed by atoms with van der Waals surface area (Å²) >= 11 is 0. The Labute approximate surface area is 158 Å². The first-order valence-electron chi connectivity index (χ1n) is 8.79. The van der Waals surface area contributed by atoms with Crippen LogP contribution in [-0.2, 0) is 6.54 Å². The summed E-state index contributed by atoms with van der Waals surface area (Å²) in [5.41, 5.74) is 3.50. The summed E-state index contributed by atoms with van der Waals surface area (Å²) < 4.78 is 17.2. The molecule has 2 heterocycles. The molecule has 5 heteroatoms. The maximum absolute atomic E-state index is 10.3. The van der Waals surface area contributed by atoms with Crippen molar-refractivity contribution in [3.05, 3.63) is 59.4 Å². The molecular formula is C22H22NO4+. The van der Waals surface area contributed by atoms with Crippen molar-refractivity contribution in [3.8, 4) is 17.2 Å². The summed E-state index contributed by atoms with van der Waals surface area (Å²) in [6.45, 7) is 1.49. The SMILES string of the molecule is COc1cccc(O)c1/C=C1/CN(C)Cc2cc3c(OC)cccc3[o+]c21. The minimum atomic E-state index is 0.180. The molecule has 27 heavy (non-hydrogen) atoms. The van der Waals surface area contributed by atoms with E-state index in [2.05, 4.69) is 18.0 Å². The van der Waals surface area contributed by atoms with Gasteiger partial charge >= 0.3 is 11.3 Å². The highest BCUT2D eigenvalue weighted by molar-refractivity contribution is 5.90. The van der Waals surface area contributed by atoms with E-state index in [0.717, 1.165) is 40.2 Å². The molecule has 0 bridgehead atoms. The van der Waals surface area contributed by atoms with E-state index >= 15 is 0 Å². The number of likely N-dealkylation sites (N-methyl/N-ethyl adjacent to an activating group) is 1. The highest BCUT2D eigenvalue weighted by Crippen LogP contribution is 2.37. The lowest BCUT2D eigenvalue weighted by molar-refractivity contribution is 0.346. The van der Waals surface area contributed by atoms with Crippen LogP contribution < -0.4 is 9.47 Å². The number of hydrogen-bond donors (Lipinski definition) is 1. The molecule has 1 aliphatic rings. The average Bonchev–Trinajstić information content (AvgIpc) is 2.67. The molecule has 4 rings (SSSR count). The van der Waals surface area contributed by atoms with Gasteiger partial charge in [-0.25, -0.2) is 4.42 Å². The lowest BCUT2D eigenvalue weighted by Crippen LogP contribution is -2.25. The number of phenolic OH excluding ortho intramolecular Hbond substituents is 1. The van der Waals surface area contributed by atoms with E-state index in [1.807, 2.05) is 30.3 Å². The van der Waals surface area contributed by atoms with Crippen molar-refractivity contribution in [2.45, 2.75) is 6.54 Å². The first kappa shape index (κ1) is 17.4. The van der Waals surface area contributed by atoms with Crippen LogP contribution in [0, 0.1) is 0 Å². The third-order valence-electron chi connectivity index (χ3n) is 4.82. The zero-order valence-electron chi connectivity index (χ0n) is 15.7. The summed E-state index contributed by atoms with van der Waals surface area (Å²) in [6, 6.07) is 13.2. The van der Waals surface area contributed by atoms with Gasteiger partial charge in [-0.2, -0.15) is 0 Å². The van der Waals surface area contributed by atoms with Crippen molar-refractivity contribution < 1.29 is 19.0 Å². The minimum Gasteiger partial charge on any atom is -0.507 e. The molecule has 0 amide bonds. The van der Waals surface area contributed by atoms with Gasteiger partial charge < -0.3 is 14.6 Å². The first-order valence-corrected chi connectivity index (χ1v) is 8.79. The molecule has 1 N–H and O–H groups in total. The highest BCUT2D eigenvalue weighted by Gasteiger charge is 2.31. The normalized spacial score (nSPS) is 15.7. The molecule has 1 aromatic heterocycles. The van der Waals surface area contributed by atoms with E-state index < -0.39 is 0 Å². The third kappa shape index (κ3) is 3.11. The Kier molecular flexibility index (Phi) is 4.46. The molecule has 0 aliphatic carbocycles. The van der Waals surface area contributed by atoms with Gasteiger partial charge in [0.1, 0.15) is 22.6 Å². The first-order chi connectivity index (χ1) is 13.1. The van der Waals surface area contributed by atoms with E-state index in [-0.39, 0.29) is 5.75 Å². The second-order valence-electron chi connectivity index (χ2n) is 6.71. The van der Waals surface area contributed by atoms with Gasteiger partial charge in [0.25, 0.3) is 0 Å². The summed E-state index contributed by atoms with van der Waals surface area (Å²) in [5.74, 6) is 2.43. The molecule has 0 radical (unpaired) electrons. The van der Waals surface area contributed by atoms with E-state index in [1.165, 1.54) is 0 Å². The van der Waals surface area contributed by atoms with Gasteiger partial charge in [-0.05, 0) is 43.5 Å². The Morgan fingerprint density at radius 3 is 2.56 bits per heavy atom. The van der Waals surface area contributed by atoms with Gasteiger partial charge in [-0.3, -0.25) is 4.90 Å². The molecule has 2 aromatic carbocycles. The Hall–Kier alpha value is -3.05. The summed E-state index contributed by atoms with van der Waals surface area (Å²) in [6.07, 6.45) is 1.94. The van der Waals surface area contributed by atoms with Crippen molar-refractivity contribution in [1.82, 2.24) is 4.90 Å². The van der Waals surface area contributed by atoms with Crippen LogP contribution in [0.25, 0.3) is 22.6 Å². The van der Waals surface area contributed by atoms with Gasteiger partial charge in [0.05, 0.1) is 30.9 Å². The number of aromatic hydroxyl groups is 1. The van der Waals surface area contributed by atoms with Gasteiger partial charge in [0, 0.05) is 19.2 Å². The molecule has 0 saturated heterocycles. The summed E-state index contributed by atoms with van der Waals surface area (Å²) in [4.78, 5) is 2.21. The van der Waals surface area contributed by atoms with Crippen molar-refractivity contribution in [2.24, 2.45) is 0 Å². The molecule has 0 unspecified atom stereocenters.